The molecule has 0 amide bonds. The molecule has 4 rings (SSSR count). The summed E-state index contributed by atoms with van der Waals surface area (Å²) >= 11 is 0. The number of rotatable bonds is 4. The number of hydrogen-bond donors (Lipinski definition) is 0. The molecule has 1 heterocycles. The summed E-state index contributed by atoms with van der Waals surface area (Å²) in [7, 11) is -1.98. The topological polar surface area (TPSA) is 26.3 Å². The highest BCUT2D eigenvalue weighted by atomic mass is 79.9. The summed E-state index contributed by atoms with van der Waals surface area (Å²) in [5.74, 6) is -0.0860. The first kappa shape index (κ1) is 18.8. The number of hydrogen-bond acceptors (Lipinski definition) is 2. The van der Waals surface area contributed by atoms with E-state index in [9.17, 15) is 4.79 Å². The zero-order valence-electron chi connectivity index (χ0n) is 14.3. The summed E-state index contributed by atoms with van der Waals surface area (Å²) in [4.78, 5) is 12.0. The Bertz CT molecular complexity index is 756. The van der Waals surface area contributed by atoms with Crippen molar-refractivity contribution >= 4 is 29.1 Å². The fraction of sp³-hybridized carbons (Fsp3) is 0.136. The summed E-state index contributed by atoms with van der Waals surface area (Å²) in [5, 5.41) is 3.90. The minimum atomic E-state index is -1.98. The molecular formula is C22H20BrO2P. The largest absolute Gasteiger partial charge is 1.00 e. The molecule has 0 spiro atoms. The van der Waals surface area contributed by atoms with Gasteiger partial charge in [0.05, 0.1) is 6.42 Å². The van der Waals surface area contributed by atoms with Crippen LogP contribution in [0.5, 0.6) is 0 Å². The molecule has 1 unspecified atom stereocenters. The third-order valence-corrected chi connectivity index (χ3v) is 9.64. The number of ether oxygens (including phenoxy) is 1. The van der Waals surface area contributed by atoms with Gasteiger partial charge in [0, 0.05) is 0 Å². The van der Waals surface area contributed by atoms with Gasteiger partial charge in [-0.25, -0.2) is 0 Å². The summed E-state index contributed by atoms with van der Waals surface area (Å²) < 4.78 is 5.42. The molecule has 0 aromatic heterocycles. The van der Waals surface area contributed by atoms with E-state index in [0.29, 0.717) is 13.0 Å². The Hall–Kier alpha value is -1.96. The predicted molar refractivity (Wildman–Crippen MR) is 105 cm³/mol. The van der Waals surface area contributed by atoms with Crippen LogP contribution in [0.15, 0.2) is 91.0 Å². The fourth-order valence-electron chi connectivity index (χ4n) is 3.82. The molecule has 3 aromatic rings. The summed E-state index contributed by atoms with van der Waals surface area (Å²) in [5.41, 5.74) is 0.173. The van der Waals surface area contributed by atoms with E-state index in [1.807, 2.05) is 18.2 Å². The van der Waals surface area contributed by atoms with Gasteiger partial charge in [0.25, 0.3) is 0 Å². The summed E-state index contributed by atoms with van der Waals surface area (Å²) in [6, 6.07) is 31.9. The van der Waals surface area contributed by atoms with E-state index in [0.717, 1.165) is 0 Å². The number of halogens is 1. The second kappa shape index (κ2) is 8.16. The van der Waals surface area contributed by atoms with E-state index in [1.165, 1.54) is 15.9 Å². The van der Waals surface area contributed by atoms with E-state index in [2.05, 4.69) is 72.8 Å². The van der Waals surface area contributed by atoms with Crippen molar-refractivity contribution in [2.45, 2.75) is 12.1 Å². The third-order valence-electron chi connectivity index (χ3n) is 4.88. The Labute approximate surface area is 165 Å². The monoisotopic (exact) mass is 426 g/mol. The Kier molecular flexibility index (Phi) is 5.90. The first-order valence-electron chi connectivity index (χ1n) is 8.53. The average Bonchev–Trinajstić information content (AvgIpc) is 3.12. The molecule has 0 N–H and O–H groups in total. The van der Waals surface area contributed by atoms with Crippen LogP contribution in [-0.4, -0.2) is 18.2 Å². The average molecular weight is 427 g/mol. The van der Waals surface area contributed by atoms with Crippen LogP contribution < -0.4 is 32.9 Å². The number of esters is 1. The van der Waals surface area contributed by atoms with Crippen molar-refractivity contribution in [1.29, 1.82) is 0 Å². The Balaban J connectivity index is 0.00000196. The van der Waals surface area contributed by atoms with Gasteiger partial charge in [0.1, 0.15) is 35.4 Å². The first-order chi connectivity index (χ1) is 12.3. The maximum Gasteiger partial charge on any atom is 0.310 e. The lowest BCUT2D eigenvalue weighted by Gasteiger charge is -2.31. The zero-order chi connectivity index (χ0) is 17.1. The highest BCUT2D eigenvalue weighted by Crippen LogP contribution is 2.61. The van der Waals surface area contributed by atoms with E-state index in [4.69, 9.17) is 4.74 Å². The highest BCUT2D eigenvalue weighted by Gasteiger charge is 2.55. The van der Waals surface area contributed by atoms with Gasteiger partial charge in [0.15, 0.2) is 0 Å². The van der Waals surface area contributed by atoms with Crippen LogP contribution in [-0.2, 0) is 9.53 Å². The number of benzene rings is 3. The van der Waals surface area contributed by atoms with Gasteiger partial charge >= 0.3 is 5.97 Å². The Morgan fingerprint density at radius 2 is 1.08 bits per heavy atom. The maximum atomic E-state index is 12.0. The van der Waals surface area contributed by atoms with Crippen molar-refractivity contribution in [3.8, 4) is 0 Å². The molecule has 1 aliphatic rings. The minimum Gasteiger partial charge on any atom is -1.00 e. The first-order valence-corrected chi connectivity index (χ1v) is 10.4. The van der Waals surface area contributed by atoms with E-state index >= 15 is 0 Å². The van der Waals surface area contributed by atoms with Crippen molar-refractivity contribution in [3.63, 3.8) is 0 Å². The summed E-state index contributed by atoms with van der Waals surface area (Å²) in [6.45, 7) is 0.491. The lowest BCUT2D eigenvalue weighted by atomic mass is 10.3. The molecule has 1 saturated heterocycles. The van der Waals surface area contributed by atoms with Crippen LogP contribution in [0.25, 0.3) is 0 Å². The lowest BCUT2D eigenvalue weighted by Crippen LogP contribution is -3.00. The maximum absolute atomic E-state index is 12.0. The molecule has 2 nitrogen and oxygen atoms in total. The third kappa shape index (κ3) is 3.22. The molecule has 1 fully saturated rings. The normalized spacial score (nSPS) is 16.6. The van der Waals surface area contributed by atoms with Gasteiger partial charge in [-0.15, -0.1) is 0 Å². The molecule has 0 saturated carbocycles. The molecule has 0 bridgehead atoms. The number of cyclic esters (lactones) is 1. The SMILES string of the molecule is O=C1CC([P+](c2ccccc2)(c2ccccc2)c2ccccc2)CO1.[Br-]. The summed E-state index contributed by atoms with van der Waals surface area (Å²) in [6.07, 6.45) is 0.479. The molecule has 0 radical (unpaired) electrons. The molecular weight excluding hydrogens is 407 g/mol. The van der Waals surface area contributed by atoms with E-state index < -0.39 is 7.26 Å². The molecule has 1 aliphatic heterocycles. The smallest absolute Gasteiger partial charge is 0.310 e. The van der Waals surface area contributed by atoms with Crippen LogP contribution in [0.1, 0.15) is 6.42 Å². The van der Waals surface area contributed by atoms with Crippen molar-refractivity contribution < 1.29 is 26.5 Å². The second-order valence-corrected chi connectivity index (χ2v) is 10.00. The zero-order valence-corrected chi connectivity index (χ0v) is 16.8. The van der Waals surface area contributed by atoms with Crippen molar-refractivity contribution in [2.24, 2.45) is 0 Å². The van der Waals surface area contributed by atoms with Crippen molar-refractivity contribution in [3.05, 3.63) is 91.0 Å². The van der Waals surface area contributed by atoms with Gasteiger partial charge in [-0.3, -0.25) is 4.79 Å². The van der Waals surface area contributed by atoms with Crippen LogP contribution in [0.3, 0.4) is 0 Å². The number of carbonyl (C=O) groups excluding carboxylic acids is 1. The van der Waals surface area contributed by atoms with Gasteiger partial charge in [0.2, 0.25) is 0 Å². The molecule has 3 aromatic carbocycles. The second-order valence-electron chi connectivity index (χ2n) is 6.27. The van der Waals surface area contributed by atoms with Crippen molar-refractivity contribution in [2.75, 3.05) is 6.61 Å². The highest BCUT2D eigenvalue weighted by molar-refractivity contribution is 7.96. The quantitative estimate of drug-likeness (QED) is 0.443. The van der Waals surface area contributed by atoms with E-state index in [-0.39, 0.29) is 28.6 Å². The van der Waals surface area contributed by atoms with Crippen LogP contribution in [0.2, 0.25) is 0 Å². The van der Waals surface area contributed by atoms with Crippen molar-refractivity contribution in [1.82, 2.24) is 0 Å². The van der Waals surface area contributed by atoms with Crippen LogP contribution in [0.4, 0.5) is 0 Å². The Morgan fingerprint density at radius 1 is 0.692 bits per heavy atom. The standard InChI is InChI=1S/C22H20O2P.BrH/c23-22-16-21(17-24-22)25(18-10-4-1-5-11-18,19-12-6-2-7-13-19)20-14-8-3-9-15-20;/h1-15,21H,16-17H2;1H/q+1;/p-1. The van der Waals surface area contributed by atoms with E-state index in [1.54, 1.807) is 0 Å². The Morgan fingerprint density at radius 3 is 1.38 bits per heavy atom. The van der Waals surface area contributed by atoms with Gasteiger partial charge in [-0.1, -0.05) is 54.6 Å². The molecule has 132 valence electrons. The van der Waals surface area contributed by atoms with Crippen LogP contribution in [0, 0.1) is 0 Å². The molecule has 1 atom stereocenters. The van der Waals surface area contributed by atoms with Gasteiger partial charge < -0.3 is 21.7 Å². The molecule has 26 heavy (non-hydrogen) atoms. The fourth-order valence-corrected chi connectivity index (χ4v) is 8.62. The minimum absolute atomic E-state index is 0. The lowest BCUT2D eigenvalue weighted by molar-refractivity contribution is -0.137. The predicted octanol–water partition coefficient (Wildman–Crippen LogP) is 0.300. The van der Waals surface area contributed by atoms with Crippen LogP contribution >= 0.6 is 7.26 Å². The molecule has 0 aliphatic carbocycles. The molecule has 4 heteroatoms. The number of carbonyl (C=O) groups is 1. The van der Waals surface area contributed by atoms with Gasteiger partial charge in [-0.05, 0) is 36.4 Å². The van der Waals surface area contributed by atoms with Gasteiger partial charge in [-0.2, -0.15) is 0 Å².